The van der Waals surface area contributed by atoms with Crippen LogP contribution in [0.1, 0.15) is 0 Å². The molecule has 0 radical (unpaired) electrons. The first kappa shape index (κ1) is 43.3. The van der Waals surface area contributed by atoms with Gasteiger partial charge in [0.1, 0.15) is 16.3 Å². The first-order chi connectivity index (χ1) is 28.4. The van der Waals surface area contributed by atoms with Gasteiger partial charge in [0.05, 0.1) is 29.7 Å². The fourth-order valence-corrected chi connectivity index (χ4v) is 7.82. The second kappa shape index (κ2) is 17.2. The molecule has 0 aliphatic heterocycles. The topological polar surface area (TPSA) is 381 Å². The van der Waals surface area contributed by atoms with Crippen LogP contribution in [0, 0.1) is 0 Å². The van der Waals surface area contributed by atoms with Gasteiger partial charge < -0.3 is 29.4 Å². The van der Waals surface area contributed by atoms with Gasteiger partial charge in [-0.3, -0.25) is 4.55 Å². The van der Waals surface area contributed by atoms with Crippen LogP contribution in [0.4, 0.5) is 34.6 Å². The number of phenols is 1. The van der Waals surface area contributed by atoms with Gasteiger partial charge in [-0.25, -0.2) is 0 Å². The maximum Gasteiger partial charge on any atom is 0.357 e. The number of ether oxygens (including phenoxy) is 2. The maximum atomic E-state index is 12.9. The van der Waals surface area contributed by atoms with Gasteiger partial charge in [-0.15, -0.1) is 10.2 Å². The van der Waals surface area contributed by atoms with Gasteiger partial charge in [0.25, 0.3) is 0 Å². The number of azo groups is 1. The molecule has 0 bridgehead atoms. The quantitative estimate of drug-likeness (QED) is 0.0417. The number of hydrogen-bond donors (Lipinski definition) is 7. The number of nitrogens with two attached hydrogens (primary N) is 3. The summed E-state index contributed by atoms with van der Waals surface area (Å²) in [6, 6.07) is 14.8. The van der Waals surface area contributed by atoms with Crippen LogP contribution in [-0.4, -0.2) is 68.3 Å². The van der Waals surface area contributed by atoms with E-state index in [9.17, 15) is 39.1 Å². The van der Waals surface area contributed by atoms with Crippen molar-refractivity contribution in [3.05, 3.63) is 72.8 Å². The van der Waals surface area contributed by atoms with Gasteiger partial charge in [0.15, 0.2) is 17.2 Å². The summed E-state index contributed by atoms with van der Waals surface area (Å²) in [5.41, 5.74) is -0.909. The summed E-state index contributed by atoms with van der Waals surface area (Å²) in [4.78, 5) is 11.3. The molecule has 0 amide bonds. The van der Waals surface area contributed by atoms with Gasteiger partial charge in [-0.1, -0.05) is 24.3 Å². The second-order valence-corrected chi connectivity index (χ2v) is 16.8. The van der Waals surface area contributed by atoms with Crippen molar-refractivity contribution < 1.29 is 65.6 Å². The first-order valence-electron chi connectivity index (χ1n) is 15.9. The zero-order valence-corrected chi connectivity index (χ0v) is 33.5. The van der Waals surface area contributed by atoms with Crippen LogP contribution < -0.4 is 42.0 Å². The Bertz CT molecular complexity index is 3070. The van der Waals surface area contributed by atoms with Gasteiger partial charge in [-0.2, -0.15) is 75.0 Å². The Labute approximate surface area is 340 Å². The number of methoxy groups -OCH3 is 2. The van der Waals surface area contributed by atoms with Crippen LogP contribution >= 0.6 is 0 Å². The average molecular weight is 909 g/mol. The molecule has 316 valence electrons. The number of anilines is 4. The lowest BCUT2D eigenvalue weighted by atomic mass is 10.1. The van der Waals surface area contributed by atoms with E-state index < -0.39 is 68.7 Å². The molecule has 1 heterocycles. The molecule has 10 N–H and O–H groups in total. The molecular weight excluding hydrogens is 881 g/mol. The van der Waals surface area contributed by atoms with E-state index in [4.69, 9.17) is 31.3 Å². The zero-order valence-electron chi connectivity index (χ0n) is 30.2. The van der Waals surface area contributed by atoms with Crippen LogP contribution in [-0.2, 0) is 54.6 Å². The summed E-state index contributed by atoms with van der Waals surface area (Å²) in [7, 11) is -11.0. The lowest BCUT2D eigenvalue weighted by molar-refractivity contribution is 0.332. The minimum absolute atomic E-state index is 0.0334. The molecule has 0 aliphatic carbocycles. The monoisotopic (exact) mass is 908 g/mol. The molecule has 60 heavy (non-hydrogen) atoms. The predicted octanol–water partition coefficient (Wildman–Crippen LogP) is 3.06. The van der Waals surface area contributed by atoms with Gasteiger partial charge in [-0.05, 0) is 53.9 Å². The van der Waals surface area contributed by atoms with Crippen molar-refractivity contribution in [1.29, 1.82) is 0 Å². The number of fused-ring (bicyclic) bond motifs is 2. The van der Waals surface area contributed by atoms with Crippen molar-refractivity contribution in [1.82, 2.24) is 15.0 Å². The summed E-state index contributed by atoms with van der Waals surface area (Å²) in [6.45, 7) is 0. The second-order valence-electron chi connectivity index (χ2n) is 11.5. The molecule has 0 spiro atoms. The fourth-order valence-electron chi connectivity index (χ4n) is 5.51. The van der Waals surface area contributed by atoms with Crippen LogP contribution in [0.5, 0.6) is 23.3 Å². The Morgan fingerprint density at radius 3 is 1.93 bits per heavy atom. The highest BCUT2D eigenvalue weighted by molar-refractivity contribution is 7.87. The summed E-state index contributed by atoms with van der Waals surface area (Å²) >= 11 is -3.06. The third-order valence-electron chi connectivity index (χ3n) is 8.09. The van der Waals surface area contributed by atoms with E-state index >= 15 is 0 Å². The summed E-state index contributed by atoms with van der Waals surface area (Å²) in [6.07, 6.45) is 0. The normalized spacial score (nSPS) is 12.8. The van der Waals surface area contributed by atoms with Crippen molar-refractivity contribution in [3.63, 3.8) is 0 Å². The van der Waals surface area contributed by atoms with E-state index in [2.05, 4.69) is 48.7 Å². The molecule has 1 aromatic heterocycles. The number of benzene rings is 5. The number of aromatic nitrogens is 3. The van der Waals surface area contributed by atoms with Crippen molar-refractivity contribution >= 4 is 97.9 Å². The molecule has 6 aromatic rings. The van der Waals surface area contributed by atoms with E-state index in [-0.39, 0.29) is 61.8 Å². The van der Waals surface area contributed by atoms with E-state index in [0.29, 0.717) is 5.39 Å². The third kappa shape index (κ3) is 8.85. The van der Waals surface area contributed by atoms with Gasteiger partial charge in [0, 0.05) is 21.8 Å². The minimum Gasteiger partial charge on any atom is -0.505 e. The molecule has 0 fully saturated rings. The van der Waals surface area contributed by atoms with Gasteiger partial charge in [0.2, 0.25) is 11.9 Å². The lowest BCUT2D eigenvalue weighted by Gasteiger charge is -2.16. The zero-order chi connectivity index (χ0) is 43.6. The minimum atomic E-state index is -4.70. The smallest absolute Gasteiger partial charge is 0.357 e. The predicted molar refractivity (Wildman–Crippen MR) is 208 cm³/mol. The van der Waals surface area contributed by atoms with E-state index in [0.717, 1.165) is 30.3 Å². The van der Waals surface area contributed by atoms with Crippen molar-refractivity contribution in [3.8, 4) is 23.3 Å². The Morgan fingerprint density at radius 2 is 1.32 bits per heavy atom. The van der Waals surface area contributed by atoms with E-state index in [1.165, 1.54) is 38.5 Å². The Morgan fingerprint density at radius 1 is 0.683 bits per heavy atom. The standard InChI is InChI=1S/C31H28N10O15S4/c1-51-23-9-7-16(58(45,46)54-32)13-21(23)40-41-27-24(53-57(43)44)12-15-11-17(59(47,48)55-33)14-22(26(15)28(27)42)36-30-37-29(38-31(39-30)52-2)35-20-8-10-25(60(49,50)56-34)19-6-4-3-5-18(19)20/h3-14,42H,32-34H2,1-2H3,(H,43,44)(H2,35,36,37,38,39). The Kier molecular flexibility index (Phi) is 12.4. The Hall–Kier alpha value is -6.25. The number of nitrogens with one attached hydrogen (secondary N) is 2. The molecule has 0 aliphatic rings. The number of nitrogens with zero attached hydrogens (tertiary/aromatic N) is 5. The van der Waals surface area contributed by atoms with E-state index in [1.54, 1.807) is 18.2 Å². The first-order valence-corrected chi connectivity index (χ1v) is 21.2. The highest BCUT2D eigenvalue weighted by Gasteiger charge is 2.25. The van der Waals surface area contributed by atoms with Crippen LogP contribution in [0.25, 0.3) is 21.5 Å². The van der Waals surface area contributed by atoms with Crippen LogP contribution in [0.2, 0.25) is 0 Å². The molecule has 0 saturated heterocycles. The molecule has 0 saturated carbocycles. The molecule has 6 rings (SSSR count). The highest BCUT2D eigenvalue weighted by atomic mass is 32.2. The molecule has 29 heteroatoms. The third-order valence-corrected chi connectivity index (χ3v) is 11.7. The molecule has 1 atom stereocenters. The lowest BCUT2D eigenvalue weighted by Crippen LogP contribution is -2.12. The molecule has 1 unspecified atom stereocenters. The van der Waals surface area contributed by atoms with Crippen LogP contribution in [0.15, 0.2) is 97.7 Å². The fraction of sp³-hybridized carbons (Fsp3) is 0.0645. The molecular formula is C31H28N10O15S4. The summed E-state index contributed by atoms with van der Waals surface area (Å²) in [5.74, 6) is 12.9. The largest absolute Gasteiger partial charge is 0.505 e. The number of rotatable bonds is 16. The molecule has 25 nitrogen and oxygen atoms in total. The molecule has 5 aromatic carbocycles. The van der Waals surface area contributed by atoms with E-state index in [1.807, 2.05) is 0 Å². The van der Waals surface area contributed by atoms with Crippen molar-refractivity contribution in [2.45, 2.75) is 14.7 Å². The van der Waals surface area contributed by atoms with Crippen molar-refractivity contribution in [2.75, 3.05) is 24.9 Å². The average Bonchev–Trinajstić information content (AvgIpc) is 3.22. The maximum absolute atomic E-state index is 12.9. The summed E-state index contributed by atoms with van der Waals surface area (Å²) < 4.78 is 125. The summed E-state index contributed by atoms with van der Waals surface area (Å²) in [5, 5.41) is 25.5. The van der Waals surface area contributed by atoms with Crippen LogP contribution in [0.3, 0.4) is 0 Å². The number of phenolic OH excluding ortho intramolecular Hbond substituents is 1. The number of aromatic hydroxyl groups is 1. The van der Waals surface area contributed by atoms with Gasteiger partial charge >= 0.3 is 47.7 Å². The van der Waals surface area contributed by atoms with Crippen molar-refractivity contribution in [2.24, 2.45) is 27.9 Å². The SMILES string of the molecule is COc1nc(Nc2ccc(S(=O)(=O)ON)c3ccccc23)nc(Nc2cc(S(=O)(=O)ON)cc3cc(OS(=O)O)c(N=Nc4cc(S(=O)(=O)ON)ccc4OC)c(O)c23)n1. The highest BCUT2D eigenvalue weighted by Crippen LogP contribution is 2.48. The number of hydrogen-bond acceptors (Lipinski definition) is 24. The Balaban J connectivity index is 1.53.